The van der Waals surface area contributed by atoms with E-state index in [1.165, 1.54) is 5.56 Å². The fraction of sp³-hybridized carbons (Fsp3) is 0.350. The van der Waals surface area contributed by atoms with Crippen molar-refractivity contribution in [1.82, 2.24) is 10.2 Å². The van der Waals surface area contributed by atoms with Crippen molar-refractivity contribution in [2.45, 2.75) is 13.5 Å². The first kappa shape index (κ1) is 17.3. The van der Waals surface area contributed by atoms with Crippen LogP contribution in [0.15, 0.2) is 48.5 Å². The molecule has 3 N–H and O–H groups in total. The SMILES string of the molecule is CCNC(=O)c1cc(N)ccc1N1CCN(Cc2ccccc2)CC1. The van der Waals surface area contributed by atoms with Gasteiger partial charge in [-0.1, -0.05) is 30.3 Å². The van der Waals surface area contributed by atoms with E-state index in [0.717, 1.165) is 38.4 Å². The zero-order chi connectivity index (χ0) is 17.6. The van der Waals surface area contributed by atoms with Gasteiger partial charge in [0, 0.05) is 50.6 Å². The number of benzene rings is 2. The van der Waals surface area contributed by atoms with Crippen LogP contribution in [-0.4, -0.2) is 43.5 Å². The molecule has 1 fully saturated rings. The van der Waals surface area contributed by atoms with Crippen LogP contribution in [0.5, 0.6) is 0 Å². The average Bonchev–Trinajstić information content (AvgIpc) is 2.63. The van der Waals surface area contributed by atoms with E-state index in [4.69, 9.17) is 5.73 Å². The monoisotopic (exact) mass is 338 g/mol. The third-order valence-corrected chi connectivity index (χ3v) is 4.56. The Labute approximate surface area is 149 Å². The molecular formula is C20H26N4O. The van der Waals surface area contributed by atoms with Crippen molar-refractivity contribution >= 4 is 17.3 Å². The predicted molar refractivity (Wildman–Crippen MR) is 103 cm³/mol. The zero-order valence-corrected chi connectivity index (χ0v) is 14.7. The topological polar surface area (TPSA) is 61.6 Å². The summed E-state index contributed by atoms with van der Waals surface area (Å²) in [6.07, 6.45) is 0. The Kier molecular flexibility index (Phi) is 5.56. The molecule has 0 unspecified atom stereocenters. The highest BCUT2D eigenvalue weighted by Gasteiger charge is 2.21. The zero-order valence-electron chi connectivity index (χ0n) is 14.7. The lowest BCUT2D eigenvalue weighted by atomic mass is 10.1. The van der Waals surface area contributed by atoms with Crippen molar-refractivity contribution in [3.63, 3.8) is 0 Å². The first-order valence-corrected chi connectivity index (χ1v) is 8.86. The summed E-state index contributed by atoms with van der Waals surface area (Å²) in [6, 6.07) is 16.2. The van der Waals surface area contributed by atoms with Crippen molar-refractivity contribution < 1.29 is 4.79 Å². The standard InChI is InChI=1S/C20H26N4O/c1-2-22-20(25)18-14-17(21)8-9-19(18)24-12-10-23(11-13-24)15-16-6-4-3-5-7-16/h3-9,14H,2,10-13,15,21H2,1H3,(H,22,25). The van der Waals surface area contributed by atoms with Crippen LogP contribution in [0.25, 0.3) is 0 Å². The molecule has 1 saturated heterocycles. The van der Waals surface area contributed by atoms with Gasteiger partial charge in [-0.2, -0.15) is 0 Å². The molecule has 2 aromatic carbocycles. The molecule has 1 aliphatic rings. The highest BCUT2D eigenvalue weighted by molar-refractivity contribution is 6.00. The summed E-state index contributed by atoms with van der Waals surface area (Å²) in [5.74, 6) is -0.0588. The minimum absolute atomic E-state index is 0.0588. The van der Waals surface area contributed by atoms with Crippen LogP contribution in [0.3, 0.4) is 0 Å². The highest BCUT2D eigenvalue weighted by Crippen LogP contribution is 2.25. The second kappa shape index (κ2) is 8.03. The number of rotatable bonds is 5. The average molecular weight is 338 g/mol. The number of carbonyl (C=O) groups excluding carboxylic acids is 1. The van der Waals surface area contributed by atoms with Crippen molar-refractivity contribution in [3.05, 3.63) is 59.7 Å². The summed E-state index contributed by atoms with van der Waals surface area (Å²) in [6.45, 7) is 7.28. The quantitative estimate of drug-likeness (QED) is 0.822. The molecule has 1 heterocycles. The van der Waals surface area contributed by atoms with Gasteiger partial charge in [-0.3, -0.25) is 9.69 Å². The maximum absolute atomic E-state index is 12.4. The molecular weight excluding hydrogens is 312 g/mol. The summed E-state index contributed by atoms with van der Waals surface area (Å²) in [7, 11) is 0. The molecule has 0 radical (unpaired) electrons. The number of hydrogen-bond acceptors (Lipinski definition) is 4. The van der Waals surface area contributed by atoms with Gasteiger partial charge in [-0.05, 0) is 30.7 Å². The van der Waals surface area contributed by atoms with Gasteiger partial charge in [-0.25, -0.2) is 0 Å². The van der Waals surface area contributed by atoms with Crippen molar-refractivity contribution in [2.24, 2.45) is 0 Å². The summed E-state index contributed by atoms with van der Waals surface area (Å²) < 4.78 is 0. The number of amides is 1. The number of nitrogens with two attached hydrogens (primary N) is 1. The van der Waals surface area contributed by atoms with Gasteiger partial charge in [0.15, 0.2) is 0 Å². The summed E-state index contributed by atoms with van der Waals surface area (Å²) in [4.78, 5) is 17.1. The van der Waals surface area contributed by atoms with Crippen LogP contribution in [0.2, 0.25) is 0 Å². The van der Waals surface area contributed by atoms with Crippen LogP contribution >= 0.6 is 0 Å². The van der Waals surface area contributed by atoms with Crippen molar-refractivity contribution in [3.8, 4) is 0 Å². The number of anilines is 2. The Morgan fingerprint density at radius 3 is 2.48 bits per heavy atom. The van der Waals surface area contributed by atoms with E-state index < -0.39 is 0 Å². The van der Waals surface area contributed by atoms with E-state index in [2.05, 4.69) is 39.4 Å². The molecule has 0 saturated carbocycles. The molecule has 0 bridgehead atoms. The highest BCUT2D eigenvalue weighted by atomic mass is 16.1. The Morgan fingerprint density at radius 2 is 1.80 bits per heavy atom. The van der Waals surface area contributed by atoms with Crippen LogP contribution in [0.1, 0.15) is 22.8 Å². The van der Waals surface area contributed by atoms with Gasteiger partial charge >= 0.3 is 0 Å². The minimum Gasteiger partial charge on any atom is -0.399 e. The number of carbonyl (C=O) groups is 1. The molecule has 0 atom stereocenters. The van der Waals surface area contributed by atoms with Gasteiger partial charge in [-0.15, -0.1) is 0 Å². The maximum atomic E-state index is 12.4. The smallest absolute Gasteiger partial charge is 0.253 e. The largest absolute Gasteiger partial charge is 0.399 e. The van der Waals surface area contributed by atoms with E-state index in [0.29, 0.717) is 17.8 Å². The number of hydrogen-bond donors (Lipinski definition) is 2. The van der Waals surface area contributed by atoms with Crippen molar-refractivity contribution in [1.29, 1.82) is 0 Å². The number of nitrogen functional groups attached to an aromatic ring is 1. The number of piperazine rings is 1. The van der Waals surface area contributed by atoms with E-state index in [-0.39, 0.29) is 5.91 Å². The fourth-order valence-electron chi connectivity index (χ4n) is 3.26. The fourth-order valence-corrected chi connectivity index (χ4v) is 3.26. The molecule has 1 aliphatic heterocycles. The predicted octanol–water partition coefficient (Wildman–Crippen LogP) is 2.34. The Hall–Kier alpha value is -2.53. The van der Waals surface area contributed by atoms with Crippen molar-refractivity contribution in [2.75, 3.05) is 43.4 Å². The van der Waals surface area contributed by atoms with E-state index in [9.17, 15) is 4.79 Å². The molecule has 0 spiro atoms. The van der Waals surface area contributed by atoms with Crippen LogP contribution in [-0.2, 0) is 6.54 Å². The third-order valence-electron chi connectivity index (χ3n) is 4.56. The molecule has 0 aromatic heterocycles. The van der Waals surface area contributed by atoms with E-state index in [1.807, 2.05) is 25.1 Å². The van der Waals surface area contributed by atoms with E-state index >= 15 is 0 Å². The number of nitrogens with one attached hydrogen (secondary N) is 1. The Balaban J connectivity index is 1.67. The summed E-state index contributed by atoms with van der Waals surface area (Å²) in [5.41, 5.74) is 9.49. The molecule has 2 aromatic rings. The second-order valence-electron chi connectivity index (χ2n) is 6.38. The van der Waals surface area contributed by atoms with Crippen LogP contribution in [0.4, 0.5) is 11.4 Å². The second-order valence-corrected chi connectivity index (χ2v) is 6.38. The molecule has 132 valence electrons. The maximum Gasteiger partial charge on any atom is 0.253 e. The van der Waals surface area contributed by atoms with Gasteiger partial charge in [0.25, 0.3) is 5.91 Å². The van der Waals surface area contributed by atoms with Gasteiger partial charge in [0.2, 0.25) is 0 Å². The Bertz CT molecular complexity index is 709. The van der Waals surface area contributed by atoms with Crippen LogP contribution in [0, 0.1) is 0 Å². The molecule has 5 nitrogen and oxygen atoms in total. The van der Waals surface area contributed by atoms with Crippen LogP contribution < -0.4 is 16.0 Å². The first-order valence-electron chi connectivity index (χ1n) is 8.86. The lowest BCUT2D eigenvalue weighted by Crippen LogP contribution is -2.46. The normalized spacial score (nSPS) is 15.2. The third kappa shape index (κ3) is 4.31. The molecule has 1 amide bonds. The molecule has 0 aliphatic carbocycles. The molecule has 3 rings (SSSR count). The minimum atomic E-state index is -0.0588. The van der Waals surface area contributed by atoms with Gasteiger partial charge < -0.3 is 16.0 Å². The first-order chi connectivity index (χ1) is 12.2. The van der Waals surface area contributed by atoms with E-state index in [1.54, 1.807) is 6.07 Å². The Morgan fingerprint density at radius 1 is 1.08 bits per heavy atom. The lowest BCUT2D eigenvalue weighted by Gasteiger charge is -2.37. The summed E-state index contributed by atoms with van der Waals surface area (Å²) in [5, 5.41) is 2.88. The number of nitrogens with zero attached hydrogens (tertiary/aromatic N) is 2. The lowest BCUT2D eigenvalue weighted by molar-refractivity contribution is 0.0956. The van der Waals surface area contributed by atoms with Gasteiger partial charge in [0.05, 0.1) is 5.56 Å². The molecule has 5 heteroatoms. The summed E-state index contributed by atoms with van der Waals surface area (Å²) >= 11 is 0. The van der Waals surface area contributed by atoms with Gasteiger partial charge in [0.1, 0.15) is 0 Å². The molecule has 25 heavy (non-hydrogen) atoms.